The number of benzene rings is 2. The molecule has 1 unspecified atom stereocenters. The molecule has 3 rings (SSSR count). The molecule has 1 atom stereocenters. The molecule has 6 nitrogen and oxygen atoms in total. The first-order valence-corrected chi connectivity index (χ1v) is 10.8. The summed E-state index contributed by atoms with van der Waals surface area (Å²) in [4.78, 5) is 2.18. The molecule has 3 aromatic rings. The molecule has 0 saturated heterocycles. The van der Waals surface area contributed by atoms with Crippen molar-refractivity contribution in [3.8, 4) is 17.3 Å². The third kappa shape index (κ3) is 6.17. The van der Waals surface area contributed by atoms with Crippen molar-refractivity contribution in [1.29, 1.82) is 0 Å². The third-order valence-electron chi connectivity index (χ3n) is 5.11. The van der Waals surface area contributed by atoms with E-state index >= 15 is 0 Å². The number of ether oxygens (including phenoxy) is 2. The van der Waals surface area contributed by atoms with Crippen LogP contribution in [0.3, 0.4) is 0 Å². The summed E-state index contributed by atoms with van der Waals surface area (Å²) < 4.78 is 13.6. The van der Waals surface area contributed by atoms with Crippen molar-refractivity contribution in [3.63, 3.8) is 0 Å². The molecule has 1 aromatic heterocycles. The summed E-state index contributed by atoms with van der Waals surface area (Å²) in [6, 6.07) is 18.1. The van der Waals surface area contributed by atoms with E-state index in [-0.39, 0.29) is 0 Å². The minimum atomic E-state index is -0.437. The average molecular weight is 424 g/mol. The van der Waals surface area contributed by atoms with Gasteiger partial charge in [-0.25, -0.2) is 4.68 Å². The third-order valence-corrected chi connectivity index (χ3v) is 5.11. The molecule has 6 heteroatoms. The molecule has 166 valence electrons. The fourth-order valence-corrected chi connectivity index (χ4v) is 3.54. The van der Waals surface area contributed by atoms with Crippen LogP contribution in [0.15, 0.2) is 54.6 Å². The van der Waals surface area contributed by atoms with Gasteiger partial charge in [0.05, 0.1) is 29.7 Å². The fourth-order valence-electron chi connectivity index (χ4n) is 3.54. The first kappa shape index (κ1) is 23.0. The van der Waals surface area contributed by atoms with Gasteiger partial charge in [0.1, 0.15) is 5.75 Å². The number of aliphatic hydroxyl groups excluding tert-OH is 1. The van der Waals surface area contributed by atoms with Gasteiger partial charge in [0, 0.05) is 26.7 Å². The quantitative estimate of drug-likeness (QED) is 0.496. The molecule has 0 fully saturated rings. The van der Waals surface area contributed by atoms with Crippen LogP contribution in [0, 0.1) is 6.92 Å². The molecule has 0 spiro atoms. The maximum absolute atomic E-state index is 10.0. The Labute approximate surface area is 185 Å². The zero-order valence-corrected chi connectivity index (χ0v) is 18.9. The molecule has 0 aliphatic carbocycles. The number of methoxy groups -OCH3 is 1. The van der Waals surface area contributed by atoms with Gasteiger partial charge < -0.3 is 14.6 Å². The van der Waals surface area contributed by atoms with Crippen molar-refractivity contribution in [3.05, 3.63) is 71.4 Å². The largest absolute Gasteiger partial charge is 0.439 e. The lowest BCUT2D eigenvalue weighted by Crippen LogP contribution is -2.33. The predicted molar refractivity (Wildman–Crippen MR) is 123 cm³/mol. The van der Waals surface area contributed by atoms with Gasteiger partial charge in [-0.1, -0.05) is 42.8 Å². The molecule has 1 heterocycles. The van der Waals surface area contributed by atoms with E-state index < -0.39 is 6.10 Å². The van der Waals surface area contributed by atoms with Crippen LogP contribution >= 0.6 is 0 Å². The van der Waals surface area contributed by atoms with Crippen molar-refractivity contribution < 1.29 is 14.6 Å². The molecule has 1 N–H and O–H groups in total. The molecule has 0 aliphatic heterocycles. The van der Waals surface area contributed by atoms with Crippen LogP contribution in [0.4, 0.5) is 0 Å². The summed E-state index contributed by atoms with van der Waals surface area (Å²) in [6.45, 7) is 8.43. The van der Waals surface area contributed by atoms with Crippen molar-refractivity contribution in [2.45, 2.75) is 39.8 Å². The highest BCUT2D eigenvalue weighted by Gasteiger charge is 2.23. The van der Waals surface area contributed by atoms with Gasteiger partial charge >= 0.3 is 0 Å². The Morgan fingerprint density at radius 1 is 1.10 bits per heavy atom. The summed E-state index contributed by atoms with van der Waals surface area (Å²) in [7, 11) is 1.69. The molecular weight excluding hydrogens is 390 g/mol. The standard InChI is InChI=1S/C25H33N3O3/c1-5-24-23(18-27(15-16-30-4)17-20(3)29)25(31-22-13-11-19(2)12-14-22)28(26-24)21-9-7-6-8-10-21/h6-14,20,29H,5,15-18H2,1-4H3. The van der Waals surface area contributed by atoms with Gasteiger partial charge in [-0.3, -0.25) is 4.90 Å². The van der Waals surface area contributed by atoms with Crippen LogP contribution in [-0.2, 0) is 17.7 Å². The summed E-state index contributed by atoms with van der Waals surface area (Å²) in [5.74, 6) is 1.48. The van der Waals surface area contributed by atoms with Crippen molar-refractivity contribution in [1.82, 2.24) is 14.7 Å². The summed E-state index contributed by atoms with van der Waals surface area (Å²) in [5.41, 5.74) is 4.15. The van der Waals surface area contributed by atoms with E-state index in [2.05, 4.69) is 18.7 Å². The monoisotopic (exact) mass is 423 g/mol. The molecule has 31 heavy (non-hydrogen) atoms. The Hall–Kier alpha value is -2.67. The Kier molecular flexibility index (Phi) is 8.23. The summed E-state index contributed by atoms with van der Waals surface area (Å²) in [5, 5.41) is 14.9. The smallest absolute Gasteiger partial charge is 0.227 e. The zero-order valence-electron chi connectivity index (χ0n) is 18.9. The predicted octanol–water partition coefficient (Wildman–Crippen LogP) is 4.36. The van der Waals surface area contributed by atoms with Crippen LogP contribution in [0.5, 0.6) is 11.6 Å². The van der Waals surface area contributed by atoms with E-state index in [4.69, 9.17) is 14.6 Å². The molecular formula is C25H33N3O3. The highest BCUT2D eigenvalue weighted by molar-refractivity contribution is 5.44. The van der Waals surface area contributed by atoms with Crippen molar-refractivity contribution in [2.24, 2.45) is 0 Å². The highest BCUT2D eigenvalue weighted by Crippen LogP contribution is 2.32. The highest BCUT2D eigenvalue weighted by atomic mass is 16.5. The molecule has 0 saturated carbocycles. The Balaban J connectivity index is 2.04. The van der Waals surface area contributed by atoms with Gasteiger partial charge in [-0.2, -0.15) is 5.10 Å². The van der Waals surface area contributed by atoms with Gasteiger partial charge in [0.25, 0.3) is 0 Å². The molecule has 0 radical (unpaired) electrons. The van der Waals surface area contributed by atoms with E-state index in [9.17, 15) is 5.11 Å². The molecule has 0 bridgehead atoms. The minimum absolute atomic E-state index is 0.437. The number of hydrogen-bond donors (Lipinski definition) is 1. The van der Waals surface area contributed by atoms with Crippen LogP contribution in [0.1, 0.15) is 30.7 Å². The van der Waals surface area contributed by atoms with Crippen LogP contribution < -0.4 is 4.74 Å². The minimum Gasteiger partial charge on any atom is -0.439 e. The summed E-state index contributed by atoms with van der Waals surface area (Å²) >= 11 is 0. The van der Waals surface area contributed by atoms with Crippen LogP contribution in [0.2, 0.25) is 0 Å². The maximum Gasteiger partial charge on any atom is 0.227 e. The number of aromatic nitrogens is 2. The average Bonchev–Trinajstić information content (AvgIpc) is 3.11. The lowest BCUT2D eigenvalue weighted by Gasteiger charge is -2.24. The zero-order chi connectivity index (χ0) is 22.2. The van der Waals surface area contributed by atoms with Crippen molar-refractivity contribution in [2.75, 3.05) is 26.8 Å². The van der Waals surface area contributed by atoms with E-state index in [0.29, 0.717) is 32.1 Å². The second kappa shape index (κ2) is 11.1. The lowest BCUT2D eigenvalue weighted by atomic mass is 10.1. The maximum atomic E-state index is 10.0. The number of nitrogens with zero attached hydrogens (tertiary/aromatic N) is 3. The van der Waals surface area contributed by atoms with Gasteiger partial charge in [-0.05, 0) is 44.5 Å². The van der Waals surface area contributed by atoms with E-state index in [1.807, 2.05) is 59.3 Å². The number of rotatable bonds is 11. The number of aliphatic hydroxyl groups is 1. The molecule has 0 aliphatic rings. The van der Waals surface area contributed by atoms with Crippen LogP contribution in [0.25, 0.3) is 5.69 Å². The second-order valence-electron chi connectivity index (χ2n) is 7.82. The Morgan fingerprint density at radius 2 is 1.81 bits per heavy atom. The van der Waals surface area contributed by atoms with Crippen LogP contribution in [-0.4, -0.2) is 52.7 Å². The molecule has 2 aromatic carbocycles. The van der Waals surface area contributed by atoms with Crippen molar-refractivity contribution >= 4 is 0 Å². The molecule has 0 amide bonds. The fraction of sp³-hybridized carbons (Fsp3) is 0.400. The van der Waals surface area contributed by atoms with Gasteiger partial charge in [0.15, 0.2) is 0 Å². The number of aryl methyl sites for hydroxylation is 2. The first-order valence-electron chi connectivity index (χ1n) is 10.8. The van der Waals surface area contributed by atoms with E-state index in [0.717, 1.165) is 29.1 Å². The van der Waals surface area contributed by atoms with E-state index in [1.54, 1.807) is 14.0 Å². The van der Waals surface area contributed by atoms with Gasteiger partial charge in [-0.15, -0.1) is 0 Å². The van der Waals surface area contributed by atoms with E-state index in [1.165, 1.54) is 5.56 Å². The number of para-hydroxylation sites is 1. The first-order chi connectivity index (χ1) is 15.0. The Bertz CT molecular complexity index is 937. The topological polar surface area (TPSA) is 59.8 Å². The summed E-state index contributed by atoms with van der Waals surface area (Å²) in [6.07, 6.45) is 0.347. The normalized spacial score (nSPS) is 12.3. The number of hydrogen-bond acceptors (Lipinski definition) is 5. The van der Waals surface area contributed by atoms with Gasteiger partial charge in [0.2, 0.25) is 5.88 Å². The SMILES string of the molecule is CCc1nn(-c2ccccc2)c(Oc2ccc(C)cc2)c1CN(CCOC)CC(C)O. The lowest BCUT2D eigenvalue weighted by molar-refractivity contribution is 0.0934. The Morgan fingerprint density at radius 3 is 2.42 bits per heavy atom. The second-order valence-corrected chi connectivity index (χ2v) is 7.82.